The number of urea groups is 1. The van der Waals surface area contributed by atoms with E-state index >= 15 is 0 Å². The van der Waals surface area contributed by atoms with E-state index in [0.29, 0.717) is 26.8 Å². The molecule has 5 nitrogen and oxygen atoms in total. The summed E-state index contributed by atoms with van der Waals surface area (Å²) in [6.07, 6.45) is 0. The van der Waals surface area contributed by atoms with Crippen LogP contribution in [0.3, 0.4) is 0 Å². The van der Waals surface area contributed by atoms with Crippen LogP contribution in [0.15, 0.2) is 54.6 Å². The Bertz CT molecular complexity index is 986. The first-order chi connectivity index (χ1) is 13.0. The van der Waals surface area contributed by atoms with Crippen molar-refractivity contribution in [2.45, 2.75) is 6.92 Å². The van der Waals surface area contributed by atoms with Crippen LogP contribution >= 0.6 is 22.9 Å². The number of benzene rings is 2. The van der Waals surface area contributed by atoms with Gasteiger partial charge < -0.3 is 10.1 Å². The fourth-order valence-corrected chi connectivity index (χ4v) is 3.96. The van der Waals surface area contributed by atoms with Crippen molar-refractivity contribution in [3.63, 3.8) is 0 Å². The molecule has 0 aliphatic rings. The zero-order valence-corrected chi connectivity index (χ0v) is 16.3. The number of amides is 2. The third-order valence-electron chi connectivity index (χ3n) is 3.85. The second-order valence-electron chi connectivity index (χ2n) is 5.68. The Morgan fingerprint density at radius 2 is 1.78 bits per heavy atom. The predicted molar refractivity (Wildman–Crippen MR) is 110 cm³/mol. The fraction of sp³-hybridized carbons (Fsp3) is 0.100. The number of thiophene rings is 1. The lowest BCUT2D eigenvalue weighted by molar-refractivity contribution is 0.0603. The van der Waals surface area contributed by atoms with E-state index in [4.69, 9.17) is 16.3 Å². The maximum Gasteiger partial charge on any atom is 0.341 e. The number of aryl methyl sites for hydroxylation is 1. The summed E-state index contributed by atoms with van der Waals surface area (Å²) < 4.78 is 4.95. The molecule has 1 aromatic heterocycles. The third kappa shape index (κ3) is 4.30. The van der Waals surface area contributed by atoms with Crippen molar-refractivity contribution in [3.05, 3.63) is 70.1 Å². The van der Waals surface area contributed by atoms with E-state index in [0.717, 1.165) is 10.4 Å². The second-order valence-corrected chi connectivity index (χ2v) is 7.35. The molecule has 0 saturated heterocycles. The molecule has 0 saturated carbocycles. The largest absolute Gasteiger partial charge is 0.465 e. The smallest absolute Gasteiger partial charge is 0.341 e. The van der Waals surface area contributed by atoms with Crippen molar-refractivity contribution in [1.82, 2.24) is 0 Å². The molecule has 2 N–H and O–H groups in total. The highest BCUT2D eigenvalue weighted by Gasteiger charge is 2.25. The van der Waals surface area contributed by atoms with E-state index in [1.807, 2.05) is 37.3 Å². The number of para-hydroxylation sites is 1. The molecule has 3 rings (SSSR count). The van der Waals surface area contributed by atoms with Gasteiger partial charge in [-0.25, -0.2) is 9.59 Å². The Kier molecular flexibility index (Phi) is 5.78. The number of esters is 1. The molecule has 0 atom stereocenters. The average molecular weight is 401 g/mol. The number of halogens is 1. The van der Waals surface area contributed by atoms with Gasteiger partial charge in [0, 0.05) is 21.2 Å². The molecule has 27 heavy (non-hydrogen) atoms. The van der Waals surface area contributed by atoms with Crippen LogP contribution in [0.4, 0.5) is 15.5 Å². The van der Waals surface area contributed by atoms with Crippen molar-refractivity contribution in [1.29, 1.82) is 0 Å². The quantitative estimate of drug-likeness (QED) is 0.543. The van der Waals surface area contributed by atoms with Crippen LogP contribution in [-0.4, -0.2) is 19.1 Å². The standard InChI is InChI=1S/C20H17ClN2O3S/c1-12-16(13-7-6-8-14(21)11-13)17(19(24)26-2)18(27-12)23-20(25)22-15-9-4-3-5-10-15/h3-11H,1-2H3,(H2,22,23,25). The molecule has 0 radical (unpaired) electrons. The molecule has 2 amide bonds. The van der Waals surface area contributed by atoms with Gasteiger partial charge in [0.15, 0.2) is 0 Å². The lowest BCUT2D eigenvalue weighted by Gasteiger charge is -2.09. The molecule has 0 unspecified atom stereocenters. The highest BCUT2D eigenvalue weighted by Crippen LogP contribution is 2.41. The normalized spacial score (nSPS) is 10.3. The lowest BCUT2D eigenvalue weighted by Crippen LogP contribution is -2.20. The molecule has 0 spiro atoms. The van der Waals surface area contributed by atoms with Crippen LogP contribution in [0.2, 0.25) is 5.02 Å². The Labute approximate surface area is 165 Å². The summed E-state index contributed by atoms with van der Waals surface area (Å²) >= 11 is 7.41. The van der Waals surface area contributed by atoms with E-state index < -0.39 is 12.0 Å². The maximum absolute atomic E-state index is 12.4. The first-order valence-electron chi connectivity index (χ1n) is 8.10. The highest BCUT2D eigenvalue weighted by molar-refractivity contribution is 7.17. The van der Waals surface area contributed by atoms with E-state index in [2.05, 4.69) is 10.6 Å². The molecule has 1 heterocycles. The fourth-order valence-electron chi connectivity index (χ4n) is 2.71. The van der Waals surface area contributed by atoms with E-state index in [-0.39, 0.29) is 0 Å². The van der Waals surface area contributed by atoms with Crippen LogP contribution in [0.1, 0.15) is 15.2 Å². The number of methoxy groups -OCH3 is 1. The summed E-state index contributed by atoms with van der Waals surface area (Å²) in [5, 5.41) is 6.47. The number of carbonyl (C=O) groups excluding carboxylic acids is 2. The molecule has 138 valence electrons. The molecule has 7 heteroatoms. The lowest BCUT2D eigenvalue weighted by atomic mass is 10.0. The third-order valence-corrected chi connectivity index (χ3v) is 5.10. The van der Waals surface area contributed by atoms with Crippen LogP contribution < -0.4 is 10.6 Å². The Morgan fingerprint density at radius 1 is 1.04 bits per heavy atom. The molecule has 0 aliphatic heterocycles. The number of nitrogens with one attached hydrogen (secondary N) is 2. The molecule has 0 bridgehead atoms. The highest BCUT2D eigenvalue weighted by atomic mass is 35.5. The zero-order valence-electron chi connectivity index (χ0n) is 14.7. The minimum atomic E-state index is -0.524. The first kappa shape index (κ1) is 18.9. The number of anilines is 2. The van der Waals surface area contributed by atoms with Gasteiger partial charge in [0.1, 0.15) is 10.6 Å². The molecular formula is C20H17ClN2O3S. The van der Waals surface area contributed by atoms with E-state index in [9.17, 15) is 9.59 Å². The van der Waals surface area contributed by atoms with Gasteiger partial charge in [-0.05, 0) is 36.8 Å². The summed E-state index contributed by atoms with van der Waals surface area (Å²) in [6.45, 7) is 1.88. The minimum Gasteiger partial charge on any atom is -0.465 e. The van der Waals surface area contributed by atoms with Crippen molar-refractivity contribution in [2.24, 2.45) is 0 Å². The Hall–Kier alpha value is -2.83. The number of carbonyl (C=O) groups is 2. The van der Waals surface area contributed by atoms with Gasteiger partial charge in [-0.1, -0.05) is 41.9 Å². The van der Waals surface area contributed by atoms with Gasteiger partial charge in [-0.15, -0.1) is 11.3 Å². The number of hydrogen-bond acceptors (Lipinski definition) is 4. The van der Waals surface area contributed by atoms with Crippen LogP contribution in [-0.2, 0) is 4.74 Å². The number of hydrogen-bond donors (Lipinski definition) is 2. The van der Waals surface area contributed by atoms with Crippen molar-refractivity contribution >= 4 is 45.6 Å². The number of rotatable bonds is 4. The van der Waals surface area contributed by atoms with Gasteiger partial charge in [0.05, 0.1) is 7.11 Å². The second kappa shape index (κ2) is 8.24. The summed E-state index contributed by atoms with van der Waals surface area (Å²) in [6, 6.07) is 15.8. The monoisotopic (exact) mass is 400 g/mol. The maximum atomic E-state index is 12.4. The van der Waals surface area contributed by atoms with Crippen LogP contribution in [0.25, 0.3) is 11.1 Å². The molecule has 2 aromatic carbocycles. The van der Waals surface area contributed by atoms with Gasteiger partial charge in [0.2, 0.25) is 0 Å². The molecule has 0 fully saturated rings. The van der Waals surface area contributed by atoms with Crippen molar-refractivity contribution in [2.75, 3.05) is 17.7 Å². The minimum absolute atomic E-state index is 0.311. The summed E-state index contributed by atoms with van der Waals surface area (Å²) in [5.41, 5.74) is 2.45. The summed E-state index contributed by atoms with van der Waals surface area (Å²) in [5.74, 6) is -0.524. The summed E-state index contributed by atoms with van der Waals surface area (Å²) in [4.78, 5) is 25.7. The first-order valence-corrected chi connectivity index (χ1v) is 9.29. The average Bonchev–Trinajstić information content (AvgIpc) is 2.97. The molecule has 0 aliphatic carbocycles. The molecule has 3 aromatic rings. The van der Waals surface area contributed by atoms with Gasteiger partial charge >= 0.3 is 12.0 Å². The van der Waals surface area contributed by atoms with Crippen molar-refractivity contribution < 1.29 is 14.3 Å². The van der Waals surface area contributed by atoms with Crippen LogP contribution in [0.5, 0.6) is 0 Å². The van der Waals surface area contributed by atoms with Gasteiger partial charge in [0.25, 0.3) is 0 Å². The van der Waals surface area contributed by atoms with Gasteiger partial charge in [-0.3, -0.25) is 5.32 Å². The SMILES string of the molecule is COC(=O)c1c(NC(=O)Nc2ccccc2)sc(C)c1-c1cccc(Cl)c1. The van der Waals surface area contributed by atoms with E-state index in [1.165, 1.54) is 18.4 Å². The number of ether oxygens (including phenoxy) is 1. The van der Waals surface area contributed by atoms with Gasteiger partial charge in [-0.2, -0.15) is 0 Å². The van der Waals surface area contributed by atoms with Crippen molar-refractivity contribution in [3.8, 4) is 11.1 Å². The van der Waals surface area contributed by atoms with Crippen LogP contribution in [0, 0.1) is 6.92 Å². The predicted octanol–water partition coefficient (Wildman–Crippen LogP) is 5.81. The van der Waals surface area contributed by atoms with E-state index in [1.54, 1.807) is 24.3 Å². The zero-order chi connectivity index (χ0) is 19.4. The Balaban J connectivity index is 1.97. The summed E-state index contributed by atoms with van der Waals surface area (Å²) in [7, 11) is 1.31. The topological polar surface area (TPSA) is 67.4 Å². The Morgan fingerprint density at radius 3 is 2.44 bits per heavy atom. The molecular weight excluding hydrogens is 384 g/mol.